The molecule has 0 spiro atoms. The summed E-state index contributed by atoms with van der Waals surface area (Å²) in [6, 6.07) is 3.79. The molecule has 1 aromatic carbocycles. The number of nitrogens with zero attached hydrogens (tertiary/aromatic N) is 2. The number of amides is 1. The molecule has 2 aliphatic rings. The Kier molecular flexibility index (Phi) is 4.78. The highest BCUT2D eigenvalue weighted by Crippen LogP contribution is 2.40. The number of hydrogen-bond acceptors (Lipinski definition) is 6. The van der Waals surface area contributed by atoms with E-state index < -0.39 is 0 Å². The molecule has 0 unspecified atom stereocenters. The fraction of sp³-hybridized carbons (Fsp3) is 0.444. The van der Waals surface area contributed by atoms with E-state index in [0.717, 1.165) is 28.4 Å². The third-order valence-corrected chi connectivity index (χ3v) is 5.60. The summed E-state index contributed by atoms with van der Waals surface area (Å²) in [6.07, 6.45) is 5.81. The second kappa shape index (κ2) is 7.20. The van der Waals surface area contributed by atoms with Gasteiger partial charge in [0, 0.05) is 43.2 Å². The van der Waals surface area contributed by atoms with Crippen molar-refractivity contribution in [2.45, 2.75) is 10.8 Å². The van der Waals surface area contributed by atoms with Crippen LogP contribution in [0.2, 0.25) is 0 Å². The van der Waals surface area contributed by atoms with Gasteiger partial charge >= 0.3 is 0 Å². The molecule has 2 aromatic rings. The fourth-order valence-corrected chi connectivity index (χ4v) is 4.05. The highest BCUT2D eigenvalue weighted by atomic mass is 32.2. The summed E-state index contributed by atoms with van der Waals surface area (Å²) in [5.41, 5.74) is 1.86. The van der Waals surface area contributed by atoms with Crippen LogP contribution in [0.25, 0.3) is 0 Å². The van der Waals surface area contributed by atoms with Gasteiger partial charge in [0.05, 0.1) is 17.8 Å². The number of nitrogens with one attached hydrogen (secondary N) is 2. The van der Waals surface area contributed by atoms with Gasteiger partial charge in [-0.3, -0.25) is 9.48 Å². The lowest BCUT2D eigenvalue weighted by atomic mass is 9.90. The van der Waals surface area contributed by atoms with Crippen LogP contribution in [0.15, 0.2) is 29.4 Å². The van der Waals surface area contributed by atoms with Crippen LogP contribution in [0.4, 0.5) is 5.69 Å². The molecule has 3 heterocycles. The van der Waals surface area contributed by atoms with E-state index in [2.05, 4.69) is 15.7 Å². The van der Waals surface area contributed by atoms with Crippen LogP contribution < -0.4 is 20.1 Å². The Bertz CT molecular complexity index is 823. The van der Waals surface area contributed by atoms with E-state index in [4.69, 9.17) is 9.47 Å². The number of fused-ring (bicyclic) bond motifs is 1. The van der Waals surface area contributed by atoms with Gasteiger partial charge < -0.3 is 20.1 Å². The first kappa shape index (κ1) is 17.2. The van der Waals surface area contributed by atoms with Gasteiger partial charge in [-0.25, -0.2) is 0 Å². The molecule has 2 atom stereocenters. The first-order valence-electron chi connectivity index (χ1n) is 8.63. The van der Waals surface area contributed by atoms with Crippen molar-refractivity contribution in [1.82, 2.24) is 15.1 Å². The van der Waals surface area contributed by atoms with E-state index in [1.807, 2.05) is 37.8 Å². The average Bonchev–Trinajstić information content (AvgIpc) is 3.29. The zero-order valence-corrected chi connectivity index (χ0v) is 15.6. The Morgan fingerprint density at radius 1 is 1.31 bits per heavy atom. The average molecular weight is 374 g/mol. The molecule has 7 nitrogen and oxygen atoms in total. The van der Waals surface area contributed by atoms with Crippen molar-refractivity contribution >= 4 is 23.4 Å². The molecule has 8 heteroatoms. The van der Waals surface area contributed by atoms with Gasteiger partial charge in [-0.2, -0.15) is 5.10 Å². The lowest BCUT2D eigenvalue weighted by Crippen LogP contribution is -2.28. The van der Waals surface area contributed by atoms with Gasteiger partial charge in [-0.05, 0) is 17.9 Å². The van der Waals surface area contributed by atoms with Crippen molar-refractivity contribution < 1.29 is 14.3 Å². The number of aryl methyl sites for hydroxylation is 1. The quantitative estimate of drug-likeness (QED) is 0.796. The molecule has 26 heavy (non-hydrogen) atoms. The van der Waals surface area contributed by atoms with E-state index in [-0.39, 0.29) is 17.7 Å². The van der Waals surface area contributed by atoms with Crippen LogP contribution in [0.1, 0.15) is 11.5 Å². The molecule has 0 bridgehead atoms. The third kappa shape index (κ3) is 3.26. The van der Waals surface area contributed by atoms with Gasteiger partial charge in [0.15, 0.2) is 11.5 Å². The molecule has 138 valence electrons. The minimum Gasteiger partial charge on any atom is -0.486 e. The number of benzene rings is 1. The SMILES string of the molecule is CSc1cc2c(cc1NC(=O)[C@H]1CNC[C@@H]1c1cnn(C)c1)OCCO2. The van der Waals surface area contributed by atoms with Gasteiger partial charge in [-0.1, -0.05) is 0 Å². The molecule has 0 radical (unpaired) electrons. The summed E-state index contributed by atoms with van der Waals surface area (Å²) >= 11 is 1.57. The Morgan fingerprint density at radius 2 is 2.08 bits per heavy atom. The molecular formula is C18H22N4O3S. The second-order valence-corrected chi connectivity index (χ2v) is 7.35. The molecule has 2 aliphatic heterocycles. The number of rotatable bonds is 4. The molecule has 1 amide bonds. The molecule has 2 N–H and O–H groups in total. The van der Waals surface area contributed by atoms with Crippen molar-refractivity contribution in [2.24, 2.45) is 13.0 Å². The van der Waals surface area contributed by atoms with Crippen LogP contribution >= 0.6 is 11.8 Å². The summed E-state index contributed by atoms with van der Waals surface area (Å²) in [7, 11) is 1.89. The zero-order chi connectivity index (χ0) is 18.1. The molecule has 4 rings (SSSR count). The van der Waals surface area contributed by atoms with Crippen molar-refractivity contribution in [3.63, 3.8) is 0 Å². The van der Waals surface area contributed by atoms with Crippen LogP contribution in [0.3, 0.4) is 0 Å². The van der Waals surface area contributed by atoms with Crippen molar-refractivity contribution in [3.8, 4) is 11.5 Å². The van der Waals surface area contributed by atoms with Crippen molar-refractivity contribution in [2.75, 3.05) is 37.9 Å². The molecule has 0 aliphatic carbocycles. The number of aromatic nitrogens is 2. The zero-order valence-electron chi connectivity index (χ0n) is 14.8. The number of carbonyl (C=O) groups is 1. The molecular weight excluding hydrogens is 352 g/mol. The number of thioether (sulfide) groups is 1. The maximum absolute atomic E-state index is 13.0. The van der Waals surface area contributed by atoms with Crippen LogP contribution in [-0.2, 0) is 11.8 Å². The topological polar surface area (TPSA) is 77.4 Å². The van der Waals surface area contributed by atoms with E-state index in [9.17, 15) is 4.79 Å². The maximum atomic E-state index is 13.0. The predicted octanol–water partition coefficient (Wildman–Crippen LogP) is 1.85. The first-order chi connectivity index (χ1) is 12.7. The lowest BCUT2D eigenvalue weighted by molar-refractivity contribution is -0.119. The third-order valence-electron chi connectivity index (χ3n) is 4.83. The number of anilines is 1. The molecule has 1 aromatic heterocycles. The van der Waals surface area contributed by atoms with Gasteiger partial charge in [0.2, 0.25) is 5.91 Å². The highest BCUT2D eigenvalue weighted by Gasteiger charge is 2.35. The summed E-state index contributed by atoms with van der Waals surface area (Å²) in [5, 5.41) is 10.7. The normalized spacial score (nSPS) is 21.6. The van der Waals surface area contributed by atoms with E-state index >= 15 is 0 Å². The molecule has 0 saturated carbocycles. The summed E-state index contributed by atoms with van der Waals surface area (Å²) in [6.45, 7) is 2.51. The Morgan fingerprint density at radius 3 is 2.77 bits per heavy atom. The van der Waals surface area contributed by atoms with Crippen molar-refractivity contribution in [3.05, 3.63) is 30.1 Å². The molecule has 1 fully saturated rings. The summed E-state index contributed by atoms with van der Waals surface area (Å²) < 4.78 is 13.1. The lowest BCUT2D eigenvalue weighted by Gasteiger charge is -2.22. The van der Waals surface area contributed by atoms with Crippen LogP contribution in [0.5, 0.6) is 11.5 Å². The number of hydrogen-bond donors (Lipinski definition) is 2. The van der Waals surface area contributed by atoms with E-state index in [1.54, 1.807) is 16.4 Å². The van der Waals surface area contributed by atoms with Crippen LogP contribution in [-0.4, -0.2) is 48.2 Å². The first-order valence-corrected chi connectivity index (χ1v) is 9.86. The predicted molar refractivity (Wildman–Crippen MR) is 100 cm³/mol. The molecule has 1 saturated heterocycles. The highest BCUT2D eigenvalue weighted by molar-refractivity contribution is 7.98. The Balaban J connectivity index is 1.55. The Labute approximate surface area is 156 Å². The fourth-order valence-electron chi connectivity index (χ4n) is 3.50. The van der Waals surface area contributed by atoms with E-state index in [0.29, 0.717) is 25.5 Å². The summed E-state index contributed by atoms with van der Waals surface area (Å²) in [5.74, 6) is 1.41. The minimum absolute atomic E-state index is 0.0100. The van der Waals surface area contributed by atoms with Crippen molar-refractivity contribution in [1.29, 1.82) is 0 Å². The maximum Gasteiger partial charge on any atom is 0.229 e. The number of ether oxygens (including phenoxy) is 2. The monoisotopic (exact) mass is 374 g/mol. The van der Waals surface area contributed by atoms with Gasteiger partial charge in [0.1, 0.15) is 13.2 Å². The largest absolute Gasteiger partial charge is 0.486 e. The minimum atomic E-state index is -0.137. The Hall–Kier alpha value is -2.19. The van der Waals surface area contributed by atoms with Crippen LogP contribution in [0, 0.1) is 5.92 Å². The summed E-state index contributed by atoms with van der Waals surface area (Å²) in [4.78, 5) is 13.9. The standard InChI is InChI=1S/C18H22N4O3S/c1-22-10-11(7-20-22)12-8-19-9-13(12)18(23)21-14-5-15-16(6-17(14)26-2)25-4-3-24-15/h5-7,10,12-13,19H,3-4,8-9H2,1-2H3,(H,21,23)/t12-,13+/m1/s1. The smallest absolute Gasteiger partial charge is 0.229 e. The van der Waals surface area contributed by atoms with Gasteiger partial charge in [-0.15, -0.1) is 11.8 Å². The second-order valence-electron chi connectivity index (χ2n) is 6.50. The van der Waals surface area contributed by atoms with E-state index in [1.165, 1.54) is 0 Å². The number of carbonyl (C=O) groups excluding carboxylic acids is 1. The van der Waals surface area contributed by atoms with Gasteiger partial charge in [0.25, 0.3) is 0 Å².